The first-order chi connectivity index (χ1) is 8.99. The number of benzene rings is 1. The van der Waals surface area contributed by atoms with Crippen LogP contribution in [0.15, 0.2) is 24.3 Å². The molecule has 0 radical (unpaired) electrons. The van der Waals surface area contributed by atoms with E-state index in [9.17, 15) is 14.9 Å². The second-order valence-electron chi connectivity index (χ2n) is 3.99. The molecule has 102 valence electrons. The molecule has 0 heterocycles. The maximum absolute atomic E-state index is 10.9. The van der Waals surface area contributed by atoms with Gasteiger partial charge in [-0.2, -0.15) is 0 Å². The molecule has 0 aliphatic heterocycles. The Kier molecular flexibility index (Phi) is 5.05. The Hall–Kier alpha value is -2.37. The number of carbonyl (C=O) groups is 1. The Morgan fingerprint density at radius 3 is 2.63 bits per heavy atom. The fraction of sp³-hybridized carbons (Fsp3) is 0.308. The molecule has 0 saturated carbocycles. The van der Waals surface area contributed by atoms with Crippen molar-refractivity contribution in [1.29, 1.82) is 0 Å². The summed E-state index contributed by atoms with van der Waals surface area (Å²) in [6, 6.07) is 2.49. The van der Waals surface area contributed by atoms with E-state index in [-0.39, 0.29) is 22.7 Å². The molecule has 0 aliphatic rings. The highest BCUT2D eigenvalue weighted by atomic mass is 16.6. The molecular formula is C13H15NO5. The number of rotatable bonds is 7. The van der Waals surface area contributed by atoms with Crippen LogP contribution in [0.3, 0.4) is 0 Å². The lowest BCUT2D eigenvalue weighted by atomic mass is 10.1. The van der Waals surface area contributed by atoms with Crippen molar-refractivity contribution >= 4 is 12.0 Å². The number of hydrogen-bond acceptors (Lipinski definition) is 5. The maximum atomic E-state index is 10.9. The van der Waals surface area contributed by atoms with Crippen molar-refractivity contribution in [2.75, 3.05) is 13.7 Å². The molecule has 6 heteroatoms. The Balaban J connectivity index is 3.07. The van der Waals surface area contributed by atoms with E-state index in [1.807, 2.05) is 6.92 Å². The minimum Gasteiger partial charge on any atom is -0.493 e. The third-order valence-electron chi connectivity index (χ3n) is 2.42. The summed E-state index contributed by atoms with van der Waals surface area (Å²) in [6.07, 6.45) is 1.05. The number of nitro groups is 1. The molecule has 0 N–H and O–H groups in total. The molecule has 0 aromatic heterocycles. The van der Waals surface area contributed by atoms with Crippen molar-refractivity contribution in [1.82, 2.24) is 0 Å². The van der Waals surface area contributed by atoms with Gasteiger partial charge in [0.25, 0.3) is 5.69 Å². The zero-order valence-corrected chi connectivity index (χ0v) is 10.8. The van der Waals surface area contributed by atoms with E-state index < -0.39 is 4.92 Å². The number of nitrogens with zero attached hydrogens (tertiary/aromatic N) is 1. The van der Waals surface area contributed by atoms with Crippen LogP contribution in [0.4, 0.5) is 5.69 Å². The fourth-order valence-electron chi connectivity index (χ4n) is 1.42. The summed E-state index contributed by atoms with van der Waals surface area (Å²) in [6.45, 7) is 5.93. The van der Waals surface area contributed by atoms with Gasteiger partial charge in [0.2, 0.25) is 0 Å². The summed E-state index contributed by atoms with van der Waals surface area (Å²) >= 11 is 0. The molecule has 1 aromatic rings. The van der Waals surface area contributed by atoms with Crippen molar-refractivity contribution in [3.8, 4) is 11.5 Å². The lowest BCUT2D eigenvalue weighted by Crippen LogP contribution is -2.02. The number of nitro benzene ring substituents is 1. The molecule has 1 aromatic carbocycles. The maximum Gasteiger partial charge on any atom is 0.283 e. The molecule has 19 heavy (non-hydrogen) atoms. The standard InChI is InChI=1S/C13H15NO5/c1-9(2)4-5-19-13-7-11(14(16)17)10(8-15)6-12(13)18-3/h6-8H,1,4-5H2,2-3H3. The molecule has 0 atom stereocenters. The van der Waals surface area contributed by atoms with E-state index in [0.29, 0.717) is 19.3 Å². The predicted molar refractivity (Wildman–Crippen MR) is 70.0 cm³/mol. The fourth-order valence-corrected chi connectivity index (χ4v) is 1.42. The Morgan fingerprint density at radius 1 is 1.47 bits per heavy atom. The topological polar surface area (TPSA) is 78.7 Å². The molecule has 0 fully saturated rings. The van der Waals surface area contributed by atoms with Gasteiger partial charge in [-0.25, -0.2) is 0 Å². The van der Waals surface area contributed by atoms with Gasteiger partial charge in [0, 0.05) is 12.5 Å². The predicted octanol–water partition coefficient (Wildman–Crippen LogP) is 2.76. The van der Waals surface area contributed by atoms with Crippen LogP contribution in [-0.2, 0) is 0 Å². The highest BCUT2D eigenvalue weighted by Gasteiger charge is 2.19. The van der Waals surface area contributed by atoms with Crippen LogP contribution in [-0.4, -0.2) is 24.9 Å². The van der Waals surface area contributed by atoms with Crippen molar-refractivity contribution in [3.05, 3.63) is 40.0 Å². The average Bonchev–Trinajstić information content (AvgIpc) is 2.37. The first-order valence-corrected chi connectivity index (χ1v) is 5.58. The van der Waals surface area contributed by atoms with Crippen LogP contribution in [0, 0.1) is 10.1 Å². The first kappa shape index (κ1) is 14.7. The van der Waals surface area contributed by atoms with Gasteiger partial charge >= 0.3 is 0 Å². The van der Waals surface area contributed by atoms with E-state index in [4.69, 9.17) is 9.47 Å². The SMILES string of the molecule is C=C(C)CCOc1cc([N+](=O)[O-])c(C=O)cc1OC. The molecule has 0 saturated heterocycles. The third-order valence-corrected chi connectivity index (χ3v) is 2.42. The number of ether oxygens (including phenoxy) is 2. The molecule has 1 rings (SSSR count). The average molecular weight is 265 g/mol. The van der Waals surface area contributed by atoms with Crippen molar-refractivity contribution in [2.45, 2.75) is 13.3 Å². The summed E-state index contributed by atoms with van der Waals surface area (Å²) in [4.78, 5) is 21.0. The van der Waals surface area contributed by atoms with Gasteiger partial charge in [-0.15, -0.1) is 6.58 Å². The largest absolute Gasteiger partial charge is 0.493 e. The van der Waals surface area contributed by atoms with Crippen LogP contribution < -0.4 is 9.47 Å². The van der Waals surface area contributed by atoms with Crippen LogP contribution >= 0.6 is 0 Å². The summed E-state index contributed by atoms with van der Waals surface area (Å²) in [5, 5.41) is 10.9. The van der Waals surface area contributed by atoms with Crippen LogP contribution in [0.2, 0.25) is 0 Å². The van der Waals surface area contributed by atoms with E-state index in [1.54, 1.807) is 0 Å². The molecule has 0 unspecified atom stereocenters. The highest BCUT2D eigenvalue weighted by molar-refractivity contribution is 5.83. The van der Waals surface area contributed by atoms with Crippen molar-refractivity contribution < 1.29 is 19.2 Å². The van der Waals surface area contributed by atoms with Crippen molar-refractivity contribution in [2.24, 2.45) is 0 Å². The Labute approximate surface area is 110 Å². The Morgan fingerprint density at radius 2 is 2.16 bits per heavy atom. The summed E-state index contributed by atoms with van der Waals surface area (Å²) < 4.78 is 10.5. The van der Waals surface area contributed by atoms with Crippen LogP contribution in [0.5, 0.6) is 11.5 Å². The quantitative estimate of drug-likeness (QED) is 0.328. The second kappa shape index (κ2) is 6.53. The van der Waals surface area contributed by atoms with Crippen molar-refractivity contribution in [3.63, 3.8) is 0 Å². The van der Waals surface area contributed by atoms with Gasteiger partial charge in [-0.1, -0.05) is 5.57 Å². The van der Waals surface area contributed by atoms with Gasteiger partial charge in [-0.3, -0.25) is 14.9 Å². The second-order valence-corrected chi connectivity index (χ2v) is 3.99. The van der Waals surface area contributed by atoms with Crippen LogP contribution in [0.25, 0.3) is 0 Å². The summed E-state index contributed by atoms with van der Waals surface area (Å²) in [5.41, 5.74) is 0.591. The summed E-state index contributed by atoms with van der Waals surface area (Å²) in [5.74, 6) is 0.524. The smallest absolute Gasteiger partial charge is 0.283 e. The van der Waals surface area contributed by atoms with Gasteiger partial charge < -0.3 is 9.47 Å². The van der Waals surface area contributed by atoms with E-state index in [2.05, 4.69) is 6.58 Å². The van der Waals surface area contributed by atoms with Crippen LogP contribution in [0.1, 0.15) is 23.7 Å². The zero-order chi connectivity index (χ0) is 14.4. The minimum atomic E-state index is -0.630. The zero-order valence-electron chi connectivity index (χ0n) is 10.8. The molecule has 0 spiro atoms. The van der Waals surface area contributed by atoms with E-state index in [1.165, 1.54) is 19.2 Å². The molecular weight excluding hydrogens is 250 g/mol. The van der Waals surface area contributed by atoms with Gasteiger partial charge in [0.15, 0.2) is 17.8 Å². The van der Waals surface area contributed by atoms with E-state index in [0.717, 1.165) is 5.57 Å². The first-order valence-electron chi connectivity index (χ1n) is 5.58. The highest BCUT2D eigenvalue weighted by Crippen LogP contribution is 2.34. The monoisotopic (exact) mass is 265 g/mol. The third kappa shape index (κ3) is 3.80. The minimum absolute atomic E-state index is 0.0471. The Bertz CT molecular complexity index is 510. The van der Waals surface area contributed by atoms with Gasteiger partial charge in [0.05, 0.1) is 30.3 Å². The van der Waals surface area contributed by atoms with Gasteiger partial charge in [-0.05, 0) is 6.92 Å². The normalized spacial score (nSPS) is 9.79. The lowest BCUT2D eigenvalue weighted by Gasteiger charge is -2.11. The number of hydrogen-bond donors (Lipinski definition) is 0. The number of carbonyl (C=O) groups excluding carboxylic acids is 1. The van der Waals surface area contributed by atoms with E-state index >= 15 is 0 Å². The molecule has 0 bridgehead atoms. The summed E-state index contributed by atoms with van der Waals surface area (Å²) in [7, 11) is 1.40. The number of methoxy groups -OCH3 is 1. The molecule has 0 aliphatic carbocycles. The van der Waals surface area contributed by atoms with Gasteiger partial charge in [0.1, 0.15) is 0 Å². The molecule has 0 amide bonds. The molecule has 6 nitrogen and oxygen atoms in total. The lowest BCUT2D eigenvalue weighted by molar-refractivity contribution is -0.385. The number of aldehydes is 1.